The van der Waals surface area contributed by atoms with Gasteiger partial charge in [0.25, 0.3) is 0 Å². The van der Waals surface area contributed by atoms with Crippen LogP contribution in [0.25, 0.3) is 0 Å². The second kappa shape index (κ2) is 5.64. The minimum atomic E-state index is 0.145. The lowest BCUT2D eigenvalue weighted by molar-refractivity contribution is -0.145. The minimum absolute atomic E-state index is 0.145. The van der Waals surface area contributed by atoms with E-state index in [1.54, 1.807) is 0 Å². The summed E-state index contributed by atoms with van der Waals surface area (Å²) in [4.78, 5) is 13.3. The Labute approximate surface area is 136 Å². The third-order valence-corrected chi connectivity index (χ3v) is 8.03. The van der Waals surface area contributed by atoms with E-state index in [9.17, 15) is 4.79 Å². The normalized spacial score (nSPS) is 50.8. The summed E-state index contributed by atoms with van der Waals surface area (Å²) in [5.74, 6) is 5.73. The van der Waals surface area contributed by atoms with Gasteiger partial charge in [0, 0.05) is 11.8 Å². The van der Waals surface area contributed by atoms with Crippen molar-refractivity contribution in [3.05, 3.63) is 0 Å². The third-order valence-electron chi connectivity index (χ3n) is 8.03. The van der Waals surface area contributed by atoms with Gasteiger partial charge in [-0.25, -0.2) is 0 Å². The van der Waals surface area contributed by atoms with E-state index in [-0.39, 0.29) is 5.41 Å². The van der Waals surface area contributed by atoms with Gasteiger partial charge in [-0.1, -0.05) is 33.1 Å². The van der Waals surface area contributed by atoms with Crippen molar-refractivity contribution in [3.63, 3.8) is 0 Å². The van der Waals surface area contributed by atoms with E-state index in [1.807, 2.05) is 0 Å². The van der Waals surface area contributed by atoms with Crippen molar-refractivity contribution in [2.75, 3.05) is 0 Å². The summed E-state index contributed by atoms with van der Waals surface area (Å²) < 4.78 is 0. The van der Waals surface area contributed by atoms with Crippen LogP contribution in [0.15, 0.2) is 0 Å². The van der Waals surface area contributed by atoms with E-state index in [1.165, 1.54) is 64.2 Å². The highest BCUT2D eigenvalue weighted by atomic mass is 16.1. The topological polar surface area (TPSA) is 17.1 Å². The molecule has 0 aromatic heterocycles. The minimum Gasteiger partial charge on any atom is -0.299 e. The standard InChI is InChI=1S/C21H34O/c1-14-3-5-15(2)19(6-4-14)10-20(22)21-11-16-7-17(12-21)9-18(8-16)13-21/h14-19H,3-13H2,1-2H3. The maximum Gasteiger partial charge on any atom is 0.139 e. The van der Waals surface area contributed by atoms with Crippen LogP contribution < -0.4 is 0 Å². The van der Waals surface area contributed by atoms with E-state index < -0.39 is 0 Å². The lowest BCUT2D eigenvalue weighted by Gasteiger charge is -2.56. The average molecular weight is 303 g/mol. The molecule has 0 aromatic rings. The van der Waals surface area contributed by atoms with Crippen molar-refractivity contribution in [2.24, 2.45) is 40.9 Å². The van der Waals surface area contributed by atoms with Crippen molar-refractivity contribution < 1.29 is 4.79 Å². The van der Waals surface area contributed by atoms with Gasteiger partial charge in [0.1, 0.15) is 5.78 Å². The molecule has 0 heterocycles. The van der Waals surface area contributed by atoms with E-state index in [0.29, 0.717) is 11.7 Å². The zero-order valence-corrected chi connectivity index (χ0v) is 14.7. The summed E-state index contributed by atoms with van der Waals surface area (Å²) in [5.41, 5.74) is 0.145. The predicted octanol–water partition coefficient (Wildman–Crippen LogP) is 5.62. The van der Waals surface area contributed by atoms with Crippen molar-refractivity contribution in [1.29, 1.82) is 0 Å². The molecule has 4 bridgehead atoms. The Morgan fingerprint density at radius 1 is 0.864 bits per heavy atom. The highest BCUT2D eigenvalue weighted by molar-refractivity contribution is 5.85. The molecule has 0 amide bonds. The van der Waals surface area contributed by atoms with Gasteiger partial charge in [0.05, 0.1) is 0 Å². The number of ketones is 1. The zero-order chi connectivity index (χ0) is 15.3. The van der Waals surface area contributed by atoms with Gasteiger partial charge in [-0.15, -0.1) is 0 Å². The molecular weight excluding hydrogens is 268 g/mol. The Bertz CT molecular complexity index is 402. The molecule has 0 N–H and O–H groups in total. The molecule has 5 fully saturated rings. The molecule has 1 nitrogen and oxygen atoms in total. The molecule has 0 aliphatic heterocycles. The van der Waals surface area contributed by atoms with Crippen LogP contribution in [0.1, 0.15) is 84.5 Å². The molecule has 1 heteroatoms. The van der Waals surface area contributed by atoms with Gasteiger partial charge < -0.3 is 0 Å². The number of carbonyl (C=O) groups excluding carboxylic acids is 1. The van der Waals surface area contributed by atoms with Crippen LogP contribution in [0.3, 0.4) is 0 Å². The molecule has 0 saturated heterocycles. The smallest absolute Gasteiger partial charge is 0.139 e. The SMILES string of the molecule is CC1CCC(C)C(CC(=O)C23CC4CC(CC(C4)C2)C3)CC1. The molecule has 5 saturated carbocycles. The average Bonchev–Trinajstić information content (AvgIpc) is 2.61. The van der Waals surface area contributed by atoms with Gasteiger partial charge in [-0.3, -0.25) is 4.79 Å². The first-order valence-electron chi connectivity index (χ1n) is 10.1. The Morgan fingerprint density at radius 3 is 2.00 bits per heavy atom. The summed E-state index contributed by atoms with van der Waals surface area (Å²) >= 11 is 0. The molecule has 3 atom stereocenters. The lowest BCUT2D eigenvalue weighted by atomic mass is 9.48. The number of hydrogen-bond donors (Lipinski definition) is 0. The fraction of sp³-hybridized carbons (Fsp3) is 0.952. The number of hydrogen-bond acceptors (Lipinski definition) is 1. The highest BCUT2D eigenvalue weighted by Crippen LogP contribution is 2.61. The Morgan fingerprint density at radius 2 is 1.41 bits per heavy atom. The Balaban J connectivity index is 1.45. The summed E-state index contributed by atoms with van der Waals surface area (Å²) in [6.07, 6.45) is 14.4. The molecule has 3 unspecified atom stereocenters. The van der Waals surface area contributed by atoms with E-state index in [2.05, 4.69) is 13.8 Å². The van der Waals surface area contributed by atoms with Crippen LogP contribution in [0.5, 0.6) is 0 Å². The van der Waals surface area contributed by atoms with Crippen LogP contribution in [-0.2, 0) is 4.79 Å². The summed E-state index contributed by atoms with van der Waals surface area (Å²) in [5, 5.41) is 0. The predicted molar refractivity (Wildman–Crippen MR) is 90.5 cm³/mol. The lowest BCUT2D eigenvalue weighted by Crippen LogP contribution is -2.50. The maximum atomic E-state index is 13.3. The summed E-state index contributed by atoms with van der Waals surface area (Å²) in [6.45, 7) is 4.81. The van der Waals surface area contributed by atoms with E-state index >= 15 is 0 Å². The summed E-state index contributed by atoms with van der Waals surface area (Å²) in [6, 6.07) is 0. The Kier molecular flexibility index (Phi) is 3.90. The quantitative estimate of drug-likeness (QED) is 0.618. The first-order valence-corrected chi connectivity index (χ1v) is 10.1. The van der Waals surface area contributed by atoms with Gasteiger partial charge >= 0.3 is 0 Å². The van der Waals surface area contributed by atoms with E-state index in [4.69, 9.17) is 0 Å². The first-order chi connectivity index (χ1) is 10.5. The van der Waals surface area contributed by atoms with Crippen molar-refractivity contribution in [3.8, 4) is 0 Å². The third kappa shape index (κ3) is 2.67. The largest absolute Gasteiger partial charge is 0.299 e. The van der Waals surface area contributed by atoms with Crippen LogP contribution >= 0.6 is 0 Å². The second-order valence-corrected chi connectivity index (χ2v) is 9.82. The van der Waals surface area contributed by atoms with Gasteiger partial charge in [0.2, 0.25) is 0 Å². The highest BCUT2D eigenvalue weighted by Gasteiger charge is 2.54. The van der Waals surface area contributed by atoms with Crippen LogP contribution in [0, 0.1) is 40.9 Å². The summed E-state index contributed by atoms with van der Waals surface area (Å²) in [7, 11) is 0. The fourth-order valence-electron chi connectivity index (χ4n) is 6.92. The number of Topliss-reactive ketones (excluding diaryl/α,β-unsaturated/α-hetero) is 1. The molecule has 22 heavy (non-hydrogen) atoms. The number of rotatable bonds is 3. The molecule has 5 aliphatic rings. The monoisotopic (exact) mass is 302 g/mol. The Hall–Kier alpha value is -0.330. The maximum absolute atomic E-state index is 13.3. The van der Waals surface area contributed by atoms with Gasteiger partial charge in [-0.2, -0.15) is 0 Å². The second-order valence-electron chi connectivity index (χ2n) is 9.82. The van der Waals surface area contributed by atoms with Crippen LogP contribution in [0.2, 0.25) is 0 Å². The van der Waals surface area contributed by atoms with Crippen molar-refractivity contribution >= 4 is 5.78 Å². The van der Waals surface area contributed by atoms with Crippen LogP contribution in [-0.4, -0.2) is 5.78 Å². The molecule has 124 valence electrons. The van der Waals surface area contributed by atoms with Crippen molar-refractivity contribution in [1.82, 2.24) is 0 Å². The molecule has 5 rings (SSSR count). The molecule has 0 radical (unpaired) electrons. The molecule has 0 spiro atoms. The molecule has 5 aliphatic carbocycles. The van der Waals surface area contributed by atoms with Gasteiger partial charge in [-0.05, 0) is 80.5 Å². The molecule has 0 aromatic carbocycles. The first kappa shape index (κ1) is 15.2. The fourth-order valence-corrected chi connectivity index (χ4v) is 6.92. The zero-order valence-electron chi connectivity index (χ0n) is 14.7. The molecular formula is C21H34O. The van der Waals surface area contributed by atoms with Gasteiger partial charge in [0.15, 0.2) is 0 Å². The van der Waals surface area contributed by atoms with E-state index in [0.717, 1.165) is 36.0 Å². The number of carbonyl (C=O) groups is 1. The van der Waals surface area contributed by atoms with Crippen molar-refractivity contribution in [2.45, 2.75) is 84.5 Å². The van der Waals surface area contributed by atoms with Crippen LogP contribution in [0.4, 0.5) is 0 Å².